The predicted molar refractivity (Wildman–Crippen MR) is 55.1 cm³/mol. The van der Waals surface area contributed by atoms with E-state index >= 15 is 0 Å². The lowest BCUT2D eigenvalue weighted by Crippen LogP contribution is -2.32. The molecule has 0 bridgehead atoms. The molecule has 0 unspecified atom stereocenters. The van der Waals surface area contributed by atoms with E-state index < -0.39 is 12.0 Å². The van der Waals surface area contributed by atoms with Crippen molar-refractivity contribution in [3.05, 3.63) is 11.3 Å². The summed E-state index contributed by atoms with van der Waals surface area (Å²) in [5.74, 6) is -0.654. The van der Waals surface area contributed by atoms with Gasteiger partial charge in [0.05, 0.1) is 13.2 Å². The number of carbonyl (C=O) groups excluding carboxylic acids is 2. The van der Waals surface area contributed by atoms with Crippen LogP contribution in [0.3, 0.4) is 0 Å². The van der Waals surface area contributed by atoms with Gasteiger partial charge in [0.15, 0.2) is 5.57 Å². The number of alkyl carbamates (subject to hydrolysis) is 1. The lowest BCUT2D eigenvalue weighted by molar-refractivity contribution is -0.116. The van der Waals surface area contributed by atoms with Gasteiger partial charge in [-0.3, -0.25) is 10.1 Å². The third-order valence-electron chi connectivity index (χ3n) is 1.54. The molecule has 0 radical (unpaired) electrons. The van der Waals surface area contributed by atoms with Crippen molar-refractivity contribution >= 4 is 12.0 Å². The first-order valence-electron chi connectivity index (χ1n) is 4.78. The van der Waals surface area contributed by atoms with Crippen LogP contribution >= 0.6 is 0 Å². The number of hydrogen-bond acceptors (Lipinski definition) is 5. The molecule has 16 heavy (non-hydrogen) atoms. The van der Waals surface area contributed by atoms with Crippen LogP contribution in [0.2, 0.25) is 0 Å². The van der Waals surface area contributed by atoms with Gasteiger partial charge in [-0.15, -0.1) is 0 Å². The van der Waals surface area contributed by atoms with Crippen LogP contribution in [0.25, 0.3) is 0 Å². The molecule has 0 atom stereocenters. The molecule has 0 rings (SSSR count). The molecule has 0 fully saturated rings. The summed E-state index contributed by atoms with van der Waals surface area (Å²) in [6.45, 7) is 5.30. The van der Waals surface area contributed by atoms with Crippen LogP contribution in [0.15, 0.2) is 11.3 Å². The van der Waals surface area contributed by atoms with Gasteiger partial charge in [-0.05, 0) is 20.8 Å². The highest BCUT2D eigenvalue weighted by molar-refractivity contribution is 6.05. The SMILES string of the molecule is CCOC(=O)NC(=O)C(C#N)=C(C)OCC. The second-order valence-electron chi connectivity index (χ2n) is 2.65. The summed E-state index contributed by atoms with van der Waals surface area (Å²) in [6, 6.07) is 1.67. The molecule has 0 saturated carbocycles. The van der Waals surface area contributed by atoms with Crippen molar-refractivity contribution in [1.29, 1.82) is 5.26 Å². The molecule has 0 aliphatic heterocycles. The zero-order valence-electron chi connectivity index (χ0n) is 9.49. The molecule has 0 heterocycles. The van der Waals surface area contributed by atoms with Crippen LogP contribution in [0.4, 0.5) is 4.79 Å². The summed E-state index contributed by atoms with van der Waals surface area (Å²) in [7, 11) is 0. The molecule has 0 aliphatic carbocycles. The first-order chi connectivity index (χ1) is 7.56. The zero-order chi connectivity index (χ0) is 12.6. The minimum atomic E-state index is -0.885. The molecule has 0 aliphatic rings. The number of ether oxygens (including phenoxy) is 2. The Labute approximate surface area is 93.8 Å². The standard InChI is InChI=1S/C10H14N2O4/c1-4-15-7(3)8(6-11)9(13)12-10(14)16-5-2/h4-5H2,1-3H3,(H,12,13,14). The van der Waals surface area contributed by atoms with Gasteiger partial charge in [0.1, 0.15) is 11.8 Å². The summed E-state index contributed by atoms with van der Waals surface area (Å²) in [5.41, 5.74) is -0.241. The fourth-order valence-electron chi connectivity index (χ4n) is 0.900. The minimum absolute atomic E-state index is 0.148. The van der Waals surface area contributed by atoms with Gasteiger partial charge in [-0.1, -0.05) is 0 Å². The lowest BCUT2D eigenvalue weighted by Gasteiger charge is -2.06. The number of nitriles is 1. The number of nitrogens with one attached hydrogen (secondary N) is 1. The number of amides is 2. The maximum Gasteiger partial charge on any atom is 0.414 e. The number of rotatable bonds is 4. The summed E-state index contributed by atoms with van der Waals surface area (Å²) in [4.78, 5) is 22.3. The van der Waals surface area contributed by atoms with E-state index in [0.717, 1.165) is 0 Å². The quantitative estimate of drug-likeness (QED) is 0.440. The highest BCUT2D eigenvalue weighted by atomic mass is 16.5. The second-order valence-corrected chi connectivity index (χ2v) is 2.65. The lowest BCUT2D eigenvalue weighted by atomic mass is 10.2. The molecule has 1 N–H and O–H groups in total. The Bertz CT molecular complexity index is 341. The highest BCUT2D eigenvalue weighted by Crippen LogP contribution is 2.04. The Morgan fingerprint density at radius 2 is 1.81 bits per heavy atom. The van der Waals surface area contributed by atoms with Crippen molar-refractivity contribution < 1.29 is 19.1 Å². The van der Waals surface area contributed by atoms with E-state index in [2.05, 4.69) is 4.74 Å². The van der Waals surface area contributed by atoms with E-state index in [1.165, 1.54) is 6.92 Å². The van der Waals surface area contributed by atoms with Gasteiger partial charge in [0.25, 0.3) is 5.91 Å². The maximum absolute atomic E-state index is 11.4. The first-order valence-corrected chi connectivity index (χ1v) is 4.78. The molecule has 2 amide bonds. The van der Waals surface area contributed by atoms with E-state index in [-0.39, 0.29) is 17.9 Å². The molecule has 0 aromatic carbocycles. The predicted octanol–water partition coefficient (Wildman–Crippen LogP) is 1.09. The Morgan fingerprint density at radius 3 is 2.25 bits per heavy atom. The smallest absolute Gasteiger partial charge is 0.414 e. The third kappa shape index (κ3) is 4.46. The topological polar surface area (TPSA) is 88.4 Å². The number of imide groups is 1. The van der Waals surface area contributed by atoms with Crippen LogP contribution in [-0.4, -0.2) is 25.2 Å². The summed E-state index contributed by atoms with van der Waals surface area (Å²) in [6.07, 6.45) is -0.885. The largest absolute Gasteiger partial charge is 0.497 e. The van der Waals surface area contributed by atoms with Crippen LogP contribution < -0.4 is 5.32 Å². The summed E-state index contributed by atoms with van der Waals surface area (Å²) in [5, 5.41) is 10.6. The van der Waals surface area contributed by atoms with E-state index in [0.29, 0.717) is 6.61 Å². The van der Waals surface area contributed by atoms with Gasteiger partial charge in [0.2, 0.25) is 0 Å². The van der Waals surface area contributed by atoms with Crippen LogP contribution in [0.5, 0.6) is 0 Å². The summed E-state index contributed by atoms with van der Waals surface area (Å²) >= 11 is 0. The monoisotopic (exact) mass is 226 g/mol. The molecule has 0 spiro atoms. The highest BCUT2D eigenvalue weighted by Gasteiger charge is 2.16. The van der Waals surface area contributed by atoms with E-state index in [9.17, 15) is 9.59 Å². The van der Waals surface area contributed by atoms with Crippen molar-refractivity contribution in [3.63, 3.8) is 0 Å². The Balaban J connectivity index is 4.63. The Hall–Kier alpha value is -2.03. The van der Waals surface area contributed by atoms with Crippen molar-refractivity contribution in [1.82, 2.24) is 5.32 Å². The Kier molecular flexibility index (Phi) is 6.36. The number of hydrogen-bond donors (Lipinski definition) is 1. The van der Waals surface area contributed by atoms with Gasteiger partial charge < -0.3 is 9.47 Å². The van der Waals surface area contributed by atoms with Gasteiger partial charge in [0, 0.05) is 0 Å². The second kappa shape index (κ2) is 7.29. The minimum Gasteiger partial charge on any atom is -0.497 e. The summed E-state index contributed by atoms with van der Waals surface area (Å²) < 4.78 is 9.50. The fraction of sp³-hybridized carbons (Fsp3) is 0.500. The normalized spacial score (nSPS) is 10.9. The van der Waals surface area contributed by atoms with E-state index in [4.69, 9.17) is 10.00 Å². The average molecular weight is 226 g/mol. The Morgan fingerprint density at radius 1 is 1.25 bits per heavy atom. The molecule has 6 heteroatoms. The third-order valence-corrected chi connectivity index (χ3v) is 1.54. The molecule has 6 nitrogen and oxygen atoms in total. The molecule has 0 aromatic rings. The zero-order valence-corrected chi connectivity index (χ0v) is 9.49. The average Bonchev–Trinajstić information content (AvgIpc) is 2.19. The number of allylic oxidation sites excluding steroid dienone is 1. The van der Waals surface area contributed by atoms with Crippen molar-refractivity contribution in [2.45, 2.75) is 20.8 Å². The molecule has 88 valence electrons. The maximum atomic E-state index is 11.4. The number of carbonyl (C=O) groups is 2. The molecular formula is C10H14N2O4. The van der Waals surface area contributed by atoms with Crippen molar-refractivity contribution in [2.24, 2.45) is 0 Å². The van der Waals surface area contributed by atoms with Gasteiger partial charge in [-0.25, -0.2) is 4.79 Å². The fourth-order valence-corrected chi connectivity index (χ4v) is 0.900. The molecular weight excluding hydrogens is 212 g/mol. The number of nitrogens with zero attached hydrogens (tertiary/aromatic N) is 1. The van der Waals surface area contributed by atoms with Crippen molar-refractivity contribution in [2.75, 3.05) is 13.2 Å². The van der Waals surface area contributed by atoms with Crippen molar-refractivity contribution in [3.8, 4) is 6.07 Å². The molecule has 0 saturated heterocycles. The van der Waals surface area contributed by atoms with Crippen LogP contribution in [0.1, 0.15) is 20.8 Å². The molecule has 0 aromatic heterocycles. The first kappa shape index (κ1) is 14.0. The van der Waals surface area contributed by atoms with E-state index in [1.54, 1.807) is 19.9 Å². The van der Waals surface area contributed by atoms with E-state index in [1.807, 2.05) is 5.32 Å². The van der Waals surface area contributed by atoms with Crippen LogP contribution in [0, 0.1) is 11.3 Å². The van der Waals surface area contributed by atoms with Gasteiger partial charge >= 0.3 is 6.09 Å². The van der Waals surface area contributed by atoms with Gasteiger partial charge in [-0.2, -0.15) is 5.26 Å². The van der Waals surface area contributed by atoms with Crippen LogP contribution in [-0.2, 0) is 14.3 Å².